The largest absolute Gasteiger partial charge is 0.506 e. The van der Waals surface area contributed by atoms with Gasteiger partial charge in [0, 0.05) is 0 Å². The van der Waals surface area contributed by atoms with Crippen LogP contribution in [0.25, 0.3) is 6.08 Å². The number of phenols is 1. The van der Waals surface area contributed by atoms with Crippen molar-refractivity contribution in [3.8, 4) is 5.75 Å². The molecule has 0 fully saturated rings. The van der Waals surface area contributed by atoms with E-state index < -0.39 is 0 Å². The standard InChI is InChI=1S/C9H9ClO.C2H6/c1-2-3-7-4-5-8(10)9(11)6-7;1-2/h2-6,11H,1H3;1-2H3/b3-2+;. The highest BCUT2D eigenvalue weighted by Crippen LogP contribution is 2.23. The lowest BCUT2D eigenvalue weighted by molar-refractivity contribution is 0.475. The van der Waals surface area contributed by atoms with E-state index in [4.69, 9.17) is 16.7 Å². The molecule has 0 aliphatic carbocycles. The molecule has 0 aliphatic heterocycles. The van der Waals surface area contributed by atoms with E-state index in [9.17, 15) is 0 Å². The maximum Gasteiger partial charge on any atom is 0.134 e. The summed E-state index contributed by atoms with van der Waals surface area (Å²) in [5.41, 5.74) is 0.953. The number of hydrogen-bond donors (Lipinski definition) is 1. The molecule has 0 radical (unpaired) electrons. The third kappa shape index (κ3) is 4.00. The second kappa shape index (κ2) is 6.55. The molecule has 0 spiro atoms. The van der Waals surface area contributed by atoms with Crippen molar-refractivity contribution < 1.29 is 5.11 Å². The molecule has 1 aromatic rings. The van der Waals surface area contributed by atoms with Crippen LogP contribution in [0.2, 0.25) is 5.02 Å². The van der Waals surface area contributed by atoms with Crippen LogP contribution >= 0.6 is 11.6 Å². The summed E-state index contributed by atoms with van der Waals surface area (Å²) in [6.07, 6.45) is 3.80. The fourth-order valence-electron chi connectivity index (χ4n) is 0.826. The fraction of sp³-hybridized carbons (Fsp3) is 0.273. The highest BCUT2D eigenvalue weighted by molar-refractivity contribution is 6.32. The molecule has 0 saturated heterocycles. The smallest absolute Gasteiger partial charge is 0.134 e. The number of benzene rings is 1. The van der Waals surface area contributed by atoms with Gasteiger partial charge in [0.2, 0.25) is 0 Å². The number of halogens is 1. The van der Waals surface area contributed by atoms with Gasteiger partial charge in [-0.3, -0.25) is 0 Å². The normalized spacial score (nSPS) is 9.54. The molecule has 1 rings (SSSR count). The first kappa shape index (κ1) is 12.0. The van der Waals surface area contributed by atoms with Crippen LogP contribution in [0, 0.1) is 0 Å². The van der Waals surface area contributed by atoms with Gasteiger partial charge in [0.05, 0.1) is 5.02 Å². The Kier molecular flexibility index (Phi) is 6.07. The van der Waals surface area contributed by atoms with Crippen molar-refractivity contribution in [2.75, 3.05) is 0 Å². The van der Waals surface area contributed by atoms with Gasteiger partial charge in [0.25, 0.3) is 0 Å². The van der Waals surface area contributed by atoms with Crippen LogP contribution < -0.4 is 0 Å². The summed E-state index contributed by atoms with van der Waals surface area (Å²) in [5.74, 6) is 0.127. The lowest BCUT2D eigenvalue weighted by atomic mass is 10.2. The molecule has 72 valence electrons. The number of allylic oxidation sites excluding steroid dienone is 1. The highest BCUT2D eigenvalue weighted by atomic mass is 35.5. The molecule has 0 amide bonds. The van der Waals surface area contributed by atoms with Crippen molar-refractivity contribution in [2.24, 2.45) is 0 Å². The second-order valence-corrected chi connectivity index (χ2v) is 2.62. The Labute approximate surface area is 84.7 Å². The number of hydrogen-bond acceptors (Lipinski definition) is 1. The molecule has 1 N–H and O–H groups in total. The molecule has 0 atom stereocenters. The van der Waals surface area contributed by atoms with E-state index >= 15 is 0 Å². The quantitative estimate of drug-likeness (QED) is 0.720. The summed E-state index contributed by atoms with van der Waals surface area (Å²) in [5, 5.41) is 9.55. The topological polar surface area (TPSA) is 20.2 Å². The Morgan fingerprint density at radius 2 is 1.92 bits per heavy atom. The molecular weight excluding hydrogens is 184 g/mol. The van der Waals surface area contributed by atoms with Crippen molar-refractivity contribution in [2.45, 2.75) is 20.8 Å². The summed E-state index contributed by atoms with van der Waals surface area (Å²) in [6.45, 7) is 5.92. The van der Waals surface area contributed by atoms with Crippen LogP contribution in [-0.4, -0.2) is 5.11 Å². The first-order valence-corrected chi connectivity index (χ1v) is 4.73. The second-order valence-electron chi connectivity index (χ2n) is 2.21. The van der Waals surface area contributed by atoms with E-state index in [-0.39, 0.29) is 5.75 Å². The molecule has 0 aromatic heterocycles. The molecule has 0 unspecified atom stereocenters. The lowest BCUT2D eigenvalue weighted by Crippen LogP contribution is -1.72. The molecule has 0 saturated carbocycles. The monoisotopic (exact) mass is 198 g/mol. The molecule has 0 bridgehead atoms. The third-order valence-electron chi connectivity index (χ3n) is 1.33. The zero-order valence-electron chi connectivity index (χ0n) is 8.21. The average molecular weight is 199 g/mol. The summed E-state index contributed by atoms with van der Waals surface area (Å²) in [4.78, 5) is 0. The van der Waals surface area contributed by atoms with Gasteiger partial charge >= 0.3 is 0 Å². The lowest BCUT2D eigenvalue weighted by Gasteiger charge is -1.96. The predicted molar refractivity (Wildman–Crippen MR) is 59.2 cm³/mol. The van der Waals surface area contributed by atoms with E-state index in [1.807, 2.05) is 39.0 Å². The van der Waals surface area contributed by atoms with Crippen LogP contribution in [-0.2, 0) is 0 Å². The molecule has 2 heteroatoms. The van der Waals surface area contributed by atoms with Crippen LogP contribution in [0.4, 0.5) is 0 Å². The molecule has 13 heavy (non-hydrogen) atoms. The van der Waals surface area contributed by atoms with Crippen LogP contribution in [0.5, 0.6) is 5.75 Å². The number of phenolic OH excluding ortho intramolecular Hbond substituents is 1. The average Bonchev–Trinajstić information content (AvgIpc) is 2.15. The van der Waals surface area contributed by atoms with E-state index in [1.165, 1.54) is 0 Å². The Morgan fingerprint density at radius 3 is 2.38 bits per heavy atom. The first-order chi connectivity index (χ1) is 6.24. The minimum atomic E-state index is 0.127. The zero-order valence-corrected chi connectivity index (χ0v) is 8.97. The van der Waals surface area contributed by atoms with Gasteiger partial charge in [0.1, 0.15) is 5.75 Å². The van der Waals surface area contributed by atoms with Crippen molar-refractivity contribution in [1.29, 1.82) is 0 Å². The molecule has 1 aromatic carbocycles. The summed E-state index contributed by atoms with van der Waals surface area (Å²) in [7, 11) is 0. The zero-order chi connectivity index (χ0) is 10.3. The molecular formula is C11H15ClO. The minimum absolute atomic E-state index is 0.127. The van der Waals surface area contributed by atoms with E-state index in [0.29, 0.717) is 5.02 Å². The Hall–Kier alpha value is -0.950. The van der Waals surface area contributed by atoms with Gasteiger partial charge in [-0.1, -0.05) is 43.7 Å². The third-order valence-corrected chi connectivity index (χ3v) is 1.65. The highest BCUT2D eigenvalue weighted by Gasteiger charge is 1.95. The van der Waals surface area contributed by atoms with Crippen molar-refractivity contribution in [3.05, 3.63) is 34.9 Å². The minimum Gasteiger partial charge on any atom is -0.506 e. The van der Waals surface area contributed by atoms with Gasteiger partial charge < -0.3 is 5.11 Å². The van der Waals surface area contributed by atoms with Gasteiger partial charge in [0.15, 0.2) is 0 Å². The Balaban J connectivity index is 0.000000671. The van der Waals surface area contributed by atoms with Crippen molar-refractivity contribution in [3.63, 3.8) is 0 Å². The number of aromatic hydroxyl groups is 1. The van der Waals surface area contributed by atoms with E-state index in [1.54, 1.807) is 12.1 Å². The SMILES string of the molecule is C/C=C/c1ccc(Cl)c(O)c1.CC. The van der Waals surface area contributed by atoms with E-state index in [2.05, 4.69) is 0 Å². The van der Waals surface area contributed by atoms with Gasteiger partial charge in [-0.15, -0.1) is 0 Å². The van der Waals surface area contributed by atoms with Crippen molar-refractivity contribution >= 4 is 17.7 Å². The Bertz CT molecular complexity index is 279. The van der Waals surface area contributed by atoms with Crippen LogP contribution in [0.15, 0.2) is 24.3 Å². The van der Waals surface area contributed by atoms with E-state index in [0.717, 1.165) is 5.56 Å². The van der Waals surface area contributed by atoms with Gasteiger partial charge in [-0.2, -0.15) is 0 Å². The van der Waals surface area contributed by atoms with Crippen molar-refractivity contribution in [1.82, 2.24) is 0 Å². The van der Waals surface area contributed by atoms with Gasteiger partial charge in [-0.25, -0.2) is 0 Å². The molecule has 1 nitrogen and oxygen atoms in total. The summed E-state index contributed by atoms with van der Waals surface area (Å²) < 4.78 is 0. The molecule has 0 aliphatic rings. The maximum absolute atomic E-state index is 9.16. The maximum atomic E-state index is 9.16. The predicted octanol–water partition coefficient (Wildman–Crippen LogP) is 4.10. The summed E-state index contributed by atoms with van der Waals surface area (Å²) >= 11 is 5.61. The Morgan fingerprint density at radius 1 is 1.31 bits per heavy atom. The summed E-state index contributed by atoms with van der Waals surface area (Å²) in [6, 6.07) is 5.15. The van der Waals surface area contributed by atoms with Gasteiger partial charge in [-0.05, 0) is 24.6 Å². The first-order valence-electron chi connectivity index (χ1n) is 4.35. The number of rotatable bonds is 1. The van der Waals surface area contributed by atoms with Crippen LogP contribution in [0.3, 0.4) is 0 Å². The molecule has 0 heterocycles. The van der Waals surface area contributed by atoms with Crippen LogP contribution in [0.1, 0.15) is 26.3 Å². The fourth-order valence-corrected chi connectivity index (χ4v) is 0.943.